The molecule has 0 bridgehead atoms. The van der Waals surface area contributed by atoms with E-state index < -0.39 is 29.5 Å². The summed E-state index contributed by atoms with van der Waals surface area (Å²) in [5.74, 6) is -1.44. The SMILES string of the molecule is CC1=C(C(N)=O)CC(c2cccc(C(F)(F)F)c2F)N1CC1CC1. The molecule has 3 rings (SSSR count). The smallest absolute Gasteiger partial charge is 0.367 e. The van der Waals surface area contributed by atoms with Crippen LogP contribution >= 0.6 is 0 Å². The summed E-state index contributed by atoms with van der Waals surface area (Å²) in [6.45, 7) is 2.32. The zero-order valence-corrected chi connectivity index (χ0v) is 13.2. The molecule has 2 aliphatic rings. The lowest BCUT2D eigenvalue weighted by Gasteiger charge is -2.29. The normalized spacial score (nSPS) is 21.5. The van der Waals surface area contributed by atoms with Gasteiger partial charge in [0.2, 0.25) is 5.91 Å². The predicted molar refractivity (Wildman–Crippen MR) is 80.1 cm³/mol. The Balaban J connectivity index is 2.00. The molecule has 2 N–H and O–H groups in total. The number of hydrogen-bond acceptors (Lipinski definition) is 2. The molecular formula is C17H18F4N2O. The van der Waals surface area contributed by atoms with Crippen LogP contribution in [0.15, 0.2) is 29.5 Å². The Morgan fingerprint density at radius 1 is 1.33 bits per heavy atom. The Kier molecular flexibility index (Phi) is 4.05. The van der Waals surface area contributed by atoms with Crippen LogP contribution in [0.3, 0.4) is 0 Å². The second-order valence-electron chi connectivity index (χ2n) is 6.45. The van der Waals surface area contributed by atoms with Gasteiger partial charge in [-0.15, -0.1) is 0 Å². The van der Waals surface area contributed by atoms with E-state index in [2.05, 4.69) is 0 Å². The second-order valence-corrected chi connectivity index (χ2v) is 6.45. The molecule has 1 aliphatic heterocycles. The first-order chi connectivity index (χ1) is 11.2. The lowest BCUT2D eigenvalue weighted by atomic mass is 9.98. The Hall–Kier alpha value is -2.05. The second kappa shape index (κ2) is 5.79. The van der Waals surface area contributed by atoms with Gasteiger partial charge in [-0.2, -0.15) is 13.2 Å². The fraction of sp³-hybridized carbons (Fsp3) is 0.471. The maximum absolute atomic E-state index is 14.5. The van der Waals surface area contributed by atoms with Gasteiger partial charge in [0.25, 0.3) is 0 Å². The van der Waals surface area contributed by atoms with E-state index in [0.717, 1.165) is 18.9 Å². The first-order valence-electron chi connectivity index (χ1n) is 7.82. The zero-order valence-electron chi connectivity index (χ0n) is 13.2. The Morgan fingerprint density at radius 3 is 2.54 bits per heavy atom. The minimum absolute atomic E-state index is 0.0407. The standard InChI is InChI=1S/C17H18F4N2O/c1-9-12(16(22)24)7-14(23(9)8-10-5-6-10)11-3-2-4-13(15(11)18)17(19,20)21/h2-4,10,14H,5-8H2,1H3,(H2,22,24). The first kappa shape index (κ1) is 16.8. The number of nitrogens with two attached hydrogens (primary N) is 1. The maximum atomic E-state index is 14.5. The molecule has 1 aromatic rings. The van der Waals surface area contributed by atoms with Gasteiger partial charge in [0.1, 0.15) is 5.82 Å². The van der Waals surface area contributed by atoms with Crippen LogP contribution in [0.25, 0.3) is 0 Å². The number of primary amides is 1. The molecular weight excluding hydrogens is 324 g/mol. The maximum Gasteiger partial charge on any atom is 0.419 e. The summed E-state index contributed by atoms with van der Waals surface area (Å²) >= 11 is 0. The summed E-state index contributed by atoms with van der Waals surface area (Å²) in [7, 11) is 0. The van der Waals surface area contributed by atoms with Crippen molar-refractivity contribution in [3.05, 3.63) is 46.4 Å². The van der Waals surface area contributed by atoms with E-state index in [1.807, 2.05) is 4.90 Å². The first-order valence-corrected chi connectivity index (χ1v) is 7.82. The van der Waals surface area contributed by atoms with E-state index in [-0.39, 0.29) is 12.0 Å². The molecule has 7 heteroatoms. The number of rotatable bonds is 4. The number of allylic oxidation sites excluding steroid dienone is 1. The van der Waals surface area contributed by atoms with E-state index >= 15 is 0 Å². The number of nitrogens with zero attached hydrogens (tertiary/aromatic N) is 1. The third-order valence-corrected chi connectivity index (χ3v) is 4.78. The van der Waals surface area contributed by atoms with Gasteiger partial charge in [0.05, 0.1) is 11.6 Å². The van der Waals surface area contributed by atoms with Gasteiger partial charge in [0.15, 0.2) is 0 Å². The van der Waals surface area contributed by atoms with Crippen LogP contribution in [0.4, 0.5) is 17.6 Å². The van der Waals surface area contributed by atoms with Crippen LogP contribution in [0.5, 0.6) is 0 Å². The van der Waals surface area contributed by atoms with E-state index in [9.17, 15) is 22.4 Å². The summed E-state index contributed by atoms with van der Waals surface area (Å²) in [5.41, 5.74) is 5.05. The molecule has 24 heavy (non-hydrogen) atoms. The van der Waals surface area contributed by atoms with Crippen molar-refractivity contribution in [3.8, 4) is 0 Å². The summed E-state index contributed by atoms with van der Waals surface area (Å²) in [4.78, 5) is 13.4. The fourth-order valence-electron chi connectivity index (χ4n) is 3.28. The van der Waals surface area contributed by atoms with Crippen LogP contribution in [0.2, 0.25) is 0 Å². The van der Waals surface area contributed by atoms with Gasteiger partial charge in [-0.3, -0.25) is 4.79 Å². The highest BCUT2D eigenvalue weighted by Gasteiger charge is 2.40. The average molecular weight is 342 g/mol. The topological polar surface area (TPSA) is 46.3 Å². The molecule has 1 unspecified atom stereocenters. The van der Waals surface area contributed by atoms with Crippen LogP contribution < -0.4 is 5.73 Å². The number of benzene rings is 1. The van der Waals surface area contributed by atoms with E-state index in [4.69, 9.17) is 5.73 Å². The van der Waals surface area contributed by atoms with Gasteiger partial charge in [0, 0.05) is 29.8 Å². The molecule has 1 amide bonds. The van der Waals surface area contributed by atoms with E-state index in [0.29, 0.717) is 23.7 Å². The lowest BCUT2D eigenvalue weighted by molar-refractivity contribution is -0.140. The monoisotopic (exact) mass is 342 g/mol. The molecule has 130 valence electrons. The molecule has 1 aromatic carbocycles. The van der Waals surface area contributed by atoms with Gasteiger partial charge in [-0.1, -0.05) is 12.1 Å². The van der Waals surface area contributed by atoms with Crippen LogP contribution in [0.1, 0.15) is 43.4 Å². The van der Waals surface area contributed by atoms with Crippen molar-refractivity contribution in [1.82, 2.24) is 4.90 Å². The predicted octanol–water partition coefficient (Wildman–Crippen LogP) is 3.76. The van der Waals surface area contributed by atoms with Crippen molar-refractivity contribution >= 4 is 5.91 Å². The molecule has 1 saturated carbocycles. The summed E-state index contributed by atoms with van der Waals surface area (Å²) in [6.07, 6.45) is -2.55. The van der Waals surface area contributed by atoms with Crippen molar-refractivity contribution < 1.29 is 22.4 Å². The Bertz CT molecular complexity index is 707. The van der Waals surface area contributed by atoms with Crippen LogP contribution in [-0.4, -0.2) is 17.4 Å². The minimum atomic E-state index is -4.75. The highest BCUT2D eigenvalue weighted by Crippen LogP contribution is 2.44. The molecule has 1 fully saturated rings. The summed E-state index contributed by atoms with van der Waals surface area (Å²) < 4.78 is 53.4. The van der Waals surface area contributed by atoms with Crippen LogP contribution in [0, 0.1) is 11.7 Å². The molecule has 1 aliphatic carbocycles. The Morgan fingerprint density at radius 2 is 2.00 bits per heavy atom. The van der Waals surface area contributed by atoms with Gasteiger partial charge >= 0.3 is 6.18 Å². The summed E-state index contributed by atoms with van der Waals surface area (Å²) in [6, 6.07) is 2.66. The number of halogens is 4. The number of amides is 1. The third kappa shape index (κ3) is 2.99. The lowest BCUT2D eigenvalue weighted by Crippen LogP contribution is -2.26. The largest absolute Gasteiger partial charge is 0.419 e. The van der Waals surface area contributed by atoms with Crippen molar-refractivity contribution in [2.24, 2.45) is 11.7 Å². The van der Waals surface area contributed by atoms with Crippen LogP contribution in [-0.2, 0) is 11.0 Å². The summed E-state index contributed by atoms with van der Waals surface area (Å²) in [5, 5.41) is 0. The number of hydrogen-bond donors (Lipinski definition) is 1. The zero-order chi connectivity index (χ0) is 17.6. The highest BCUT2D eigenvalue weighted by molar-refractivity contribution is 5.93. The van der Waals surface area contributed by atoms with Crippen molar-refractivity contribution in [1.29, 1.82) is 0 Å². The molecule has 0 saturated heterocycles. The van der Waals surface area contributed by atoms with E-state index in [1.54, 1.807) is 6.92 Å². The number of carbonyl (C=O) groups excluding carboxylic acids is 1. The van der Waals surface area contributed by atoms with Crippen molar-refractivity contribution in [2.75, 3.05) is 6.54 Å². The quantitative estimate of drug-likeness (QED) is 0.847. The molecule has 0 spiro atoms. The van der Waals surface area contributed by atoms with Gasteiger partial charge < -0.3 is 10.6 Å². The average Bonchev–Trinajstić information content (AvgIpc) is 3.23. The molecule has 0 radical (unpaired) electrons. The fourth-order valence-corrected chi connectivity index (χ4v) is 3.28. The Labute approximate surface area is 137 Å². The molecule has 1 atom stereocenters. The van der Waals surface area contributed by atoms with Gasteiger partial charge in [-0.05, 0) is 31.7 Å². The molecule has 3 nitrogen and oxygen atoms in total. The van der Waals surface area contributed by atoms with Crippen molar-refractivity contribution in [2.45, 2.75) is 38.4 Å². The molecule has 1 heterocycles. The highest BCUT2D eigenvalue weighted by atomic mass is 19.4. The number of alkyl halides is 3. The molecule has 0 aromatic heterocycles. The van der Waals surface area contributed by atoms with E-state index in [1.165, 1.54) is 12.1 Å². The van der Waals surface area contributed by atoms with Gasteiger partial charge in [-0.25, -0.2) is 4.39 Å². The number of carbonyl (C=O) groups is 1. The minimum Gasteiger partial charge on any atom is -0.367 e. The third-order valence-electron chi connectivity index (χ3n) is 4.78. The van der Waals surface area contributed by atoms with Crippen molar-refractivity contribution in [3.63, 3.8) is 0 Å².